The van der Waals surface area contributed by atoms with Gasteiger partial charge in [-0.1, -0.05) is 11.6 Å². The van der Waals surface area contributed by atoms with Gasteiger partial charge in [-0.2, -0.15) is 0 Å². The van der Waals surface area contributed by atoms with E-state index < -0.39 is 0 Å². The molecule has 0 saturated carbocycles. The first kappa shape index (κ1) is 9.92. The number of halogens is 1. The minimum atomic E-state index is 0.440. The predicted octanol–water partition coefficient (Wildman–Crippen LogP) is 1.44. The Morgan fingerprint density at radius 3 is 3.07 bits per heavy atom. The molecule has 0 radical (unpaired) electrons. The van der Waals surface area contributed by atoms with E-state index in [1.807, 2.05) is 10.8 Å². The van der Waals surface area contributed by atoms with Crippen LogP contribution in [0.2, 0.25) is 5.15 Å². The molecule has 0 unspecified atom stereocenters. The SMILES string of the molecule is Clc1cc(NCCn2ccnc2)ncn1. The second kappa shape index (κ2) is 4.75. The summed E-state index contributed by atoms with van der Waals surface area (Å²) >= 11 is 5.72. The normalized spacial score (nSPS) is 10.2. The Balaban J connectivity index is 1.83. The predicted molar refractivity (Wildman–Crippen MR) is 57.8 cm³/mol. The Hall–Kier alpha value is -1.62. The summed E-state index contributed by atoms with van der Waals surface area (Å²) in [6.07, 6.45) is 6.87. The first-order valence-electron chi connectivity index (χ1n) is 4.52. The number of nitrogens with one attached hydrogen (secondary N) is 1. The standard InChI is InChI=1S/C9H10ClN5/c10-8-5-9(14-6-13-8)12-2-4-15-3-1-11-7-15/h1,3,5-7H,2,4H2,(H,12,13,14). The van der Waals surface area contributed by atoms with E-state index in [1.165, 1.54) is 6.33 Å². The Morgan fingerprint density at radius 2 is 2.33 bits per heavy atom. The van der Waals surface area contributed by atoms with Gasteiger partial charge in [0.05, 0.1) is 6.33 Å². The van der Waals surface area contributed by atoms with E-state index in [2.05, 4.69) is 20.3 Å². The van der Waals surface area contributed by atoms with Crippen LogP contribution in [0.15, 0.2) is 31.1 Å². The molecule has 78 valence electrons. The maximum absolute atomic E-state index is 5.72. The molecule has 0 aliphatic heterocycles. The van der Waals surface area contributed by atoms with Crippen molar-refractivity contribution in [2.45, 2.75) is 6.54 Å². The molecule has 0 aliphatic rings. The van der Waals surface area contributed by atoms with Gasteiger partial charge in [0.25, 0.3) is 0 Å². The first-order valence-corrected chi connectivity index (χ1v) is 4.89. The molecule has 2 aromatic rings. The lowest BCUT2D eigenvalue weighted by atomic mass is 10.5. The highest BCUT2D eigenvalue weighted by Crippen LogP contribution is 2.07. The molecule has 0 amide bonds. The molecular weight excluding hydrogens is 214 g/mol. The summed E-state index contributed by atoms with van der Waals surface area (Å²) < 4.78 is 1.98. The van der Waals surface area contributed by atoms with Crippen molar-refractivity contribution in [2.24, 2.45) is 0 Å². The number of nitrogens with zero attached hydrogens (tertiary/aromatic N) is 4. The largest absolute Gasteiger partial charge is 0.368 e. The van der Waals surface area contributed by atoms with Gasteiger partial charge in [-0.3, -0.25) is 0 Å². The van der Waals surface area contributed by atoms with Crippen LogP contribution in [0.1, 0.15) is 0 Å². The fraction of sp³-hybridized carbons (Fsp3) is 0.222. The first-order chi connectivity index (χ1) is 7.34. The summed E-state index contributed by atoms with van der Waals surface area (Å²) in [5, 5.41) is 3.58. The lowest BCUT2D eigenvalue weighted by molar-refractivity contribution is 0.725. The summed E-state index contributed by atoms with van der Waals surface area (Å²) in [7, 11) is 0. The van der Waals surface area contributed by atoms with Crippen molar-refractivity contribution in [2.75, 3.05) is 11.9 Å². The topological polar surface area (TPSA) is 55.6 Å². The second-order valence-corrected chi connectivity index (χ2v) is 3.34. The number of imidazole rings is 1. The highest BCUT2D eigenvalue weighted by atomic mass is 35.5. The minimum Gasteiger partial charge on any atom is -0.368 e. The highest BCUT2D eigenvalue weighted by Gasteiger charge is 1.95. The van der Waals surface area contributed by atoms with Crippen LogP contribution in [0.5, 0.6) is 0 Å². The number of hydrogen-bond acceptors (Lipinski definition) is 4. The molecule has 2 aromatic heterocycles. The summed E-state index contributed by atoms with van der Waals surface area (Å²) in [5.74, 6) is 0.732. The minimum absolute atomic E-state index is 0.440. The molecule has 0 spiro atoms. The number of rotatable bonds is 4. The van der Waals surface area contributed by atoms with Crippen molar-refractivity contribution in [3.05, 3.63) is 36.3 Å². The third-order valence-electron chi connectivity index (χ3n) is 1.87. The summed E-state index contributed by atoms with van der Waals surface area (Å²) in [5.41, 5.74) is 0. The third kappa shape index (κ3) is 2.92. The van der Waals surface area contributed by atoms with E-state index in [4.69, 9.17) is 11.6 Å². The van der Waals surface area contributed by atoms with Gasteiger partial charge in [0.2, 0.25) is 0 Å². The molecule has 0 aromatic carbocycles. The number of anilines is 1. The van der Waals surface area contributed by atoms with Crippen LogP contribution in [0.3, 0.4) is 0 Å². The van der Waals surface area contributed by atoms with Gasteiger partial charge < -0.3 is 9.88 Å². The molecule has 1 N–H and O–H groups in total. The molecule has 0 fully saturated rings. The van der Waals surface area contributed by atoms with Crippen LogP contribution in [0.25, 0.3) is 0 Å². The average Bonchev–Trinajstić information content (AvgIpc) is 2.71. The molecule has 2 heterocycles. The zero-order chi connectivity index (χ0) is 10.5. The van der Waals surface area contributed by atoms with E-state index in [-0.39, 0.29) is 0 Å². The highest BCUT2D eigenvalue weighted by molar-refractivity contribution is 6.29. The van der Waals surface area contributed by atoms with E-state index in [0.717, 1.165) is 18.9 Å². The maximum atomic E-state index is 5.72. The fourth-order valence-corrected chi connectivity index (χ4v) is 1.31. The number of hydrogen-bond donors (Lipinski definition) is 1. The van der Waals surface area contributed by atoms with Crippen LogP contribution in [-0.2, 0) is 6.54 Å². The van der Waals surface area contributed by atoms with Crippen molar-refractivity contribution in [1.82, 2.24) is 19.5 Å². The summed E-state index contributed by atoms with van der Waals surface area (Å²) in [6.45, 7) is 1.60. The third-order valence-corrected chi connectivity index (χ3v) is 2.08. The Bertz CT molecular complexity index is 414. The monoisotopic (exact) mass is 223 g/mol. The van der Waals surface area contributed by atoms with E-state index in [9.17, 15) is 0 Å². The van der Waals surface area contributed by atoms with Crippen LogP contribution < -0.4 is 5.32 Å². The van der Waals surface area contributed by atoms with Crippen LogP contribution in [0.4, 0.5) is 5.82 Å². The van der Waals surface area contributed by atoms with Crippen LogP contribution >= 0.6 is 11.6 Å². The van der Waals surface area contributed by atoms with Gasteiger partial charge in [0.15, 0.2) is 0 Å². The molecule has 15 heavy (non-hydrogen) atoms. The molecule has 0 saturated heterocycles. The van der Waals surface area contributed by atoms with E-state index in [0.29, 0.717) is 5.15 Å². The zero-order valence-electron chi connectivity index (χ0n) is 7.97. The van der Waals surface area contributed by atoms with Gasteiger partial charge in [-0.05, 0) is 0 Å². The van der Waals surface area contributed by atoms with Gasteiger partial charge in [0.1, 0.15) is 17.3 Å². The van der Waals surface area contributed by atoms with Crippen molar-refractivity contribution < 1.29 is 0 Å². The Labute approximate surface area is 92.1 Å². The van der Waals surface area contributed by atoms with Crippen molar-refractivity contribution >= 4 is 17.4 Å². The van der Waals surface area contributed by atoms with E-state index in [1.54, 1.807) is 18.6 Å². The molecule has 6 heteroatoms. The van der Waals surface area contributed by atoms with Crippen molar-refractivity contribution in [1.29, 1.82) is 0 Å². The molecule has 0 atom stereocenters. The van der Waals surface area contributed by atoms with Crippen molar-refractivity contribution in [3.63, 3.8) is 0 Å². The summed E-state index contributed by atoms with van der Waals surface area (Å²) in [6, 6.07) is 1.69. The zero-order valence-corrected chi connectivity index (χ0v) is 8.72. The molecule has 0 aliphatic carbocycles. The quantitative estimate of drug-likeness (QED) is 0.797. The average molecular weight is 224 g/mol. The lowest BCUT2D eigenvalue weighted by Gasteiger charge is -2.05. The summed E-state index contributed by atoms with van der Waals surface area (Å²) in [4.78, 5) is 11.8. The second-order valence-electron chi connectivity index (χ2n) is 2.95. The fourth-order valence-electron chi connectivity index (χ4n) is 1.16. The van der Waals surface area contributed by atoms with Crippen LogP contribution in [0, 0.1) is 0 Å². The van der Waals surface area contributed by atoms with Crippen LogP contribution in [-0.4, -0.2) is 26.1 Å². The van der Waals surface area contributed by atoms with Crippen molar-refractivity contribution in [3.8, 4) is 0 Å². The van der Waals surface area contributed by atoms with Gasteiger partial charge >= 0.3 is 0 Å². The molecule has 5 nitrogen and oxygen atoms in total. The number of aromatic nitrogens is 4. The van der Waals surface area contributed by atoms with E-state index >= 15 is 0 Å². The Kier molecular flexibility index (Phi) is 3.14. The van der Waals surface area contributed by atoms with Gasteiger partial charge in [-0.15, -0.1) is 0 Å². The molecule has 2 rings (SSSR count). The lowest BCUT2D eigenvalue weighted by Crippen LogP contribution is -2.10. The smallest absolute Gasteiger partial charge is 0.134 e. The molecule has 0 bridgehead atoms. The molecular formula is C9H10ClN5. The maximum Gasteiger partial charge on any atom is 0.134 e. The van der Waals surface area contributed by atoms with Gasteiger partial charge in [-0.25, -0.2) is 15.0 Å². The van der Waals surface area contributed by atoms with Gasteiger partial charge in [0, 0.05) is 31.5 Å². The Morgan fingerprint density at radius 1 is 1.40 bits per heavy atom.